The van der Waals surface area contributed by atoms with Gasteiger partial charge < -0.3 is 11.1 Å². The Balaban J connectivity index is 1.83. The van der Waals surface area contributed by atoms with Gasteiger partial charge in [0, 0.05) is 25.2 Å². The highest BCUT2D eigenvalue weighted by atomic mass is 16.2. The third kappa shape index (κ3) is 1.44. The molecule has 12 heavy (non-hydrogen) atoms. The lowest BCUT2D eigenvalue weighted by Crippen LogP contribution is -2.57. The molecule has 1 saturated heterocycles. The normalized spacial score (nSPS) is 37.2. The van der Waals surface area contributed by atoms with Crippen LogP contribution in [0.5, 0.6) is 0 Å². The first kappa shape index (κ1) is 8.01. The van der Waals surface area contributed by atoms with Gasteiger partial charge in [-0.15, -0.1) is 0 Å². The van der Waals surface area contributed by atoms with E-state index in [-0.39, 0.29) is 5.91 Å². The van der Waals surface area contributed by atoms with Gasteiger partial charge in [0.1, 0.15) is 0 Å². The lowest BCUT2D eigenvalue weighted by atomic mass is 9.86. The van der Waals surface area contributed by atoms with E-state index in [0.29, 0.717) is 18.6 Å². The number of rotatable bonds is 1. The van der Waals surface area contributed by atoms with Crippen LogP contribution in [0.15, 0.2) is 0 Å². The first-order valence-corrected chi connectivity index (χ1v) is 4.52. The van der Waals surface area contributed by atoms with Gasteiger partial charge in [0.2, 0.25) is 5.91 Å². The quantitative estimate of drug-likeness (QED) is 0.524. The second kappa shape index (κ2) is 3.03. The fraction of sp³-hybridized carbons (Fsp3) is 0.875. The van der Waals surface area contributed by atoms with E-state index in [2.05, 4.69) is 10.2 Å². The third-order valence-electron chi connectivity index (χ3n) is 2.73. The fourth-order valence-corrected chi connectivity index (χ4v) is 1.90. The molecule has 0 aromatic carbocycles. The van der Waals surface area contributed by atoms with Gasteiger partial charge in [0.15, 0.2) is 0 Å². The van der Waals surface area contributed by atoms with Crippen LogP contribution in [0.3, 0.4) is 0 Å². The molecule has 2 aliphatic rings. The molecule has 1 aliphatic heterocycles. The average molecular weight is 169 g/mol. The predicted octanol–water partition coefficient (Wildman–Crippen LogP) is -1.09. The topological polar surface area (TPSA) is 58.4 Å². The molecule has 2 fully saturated rings. The van der Waals surface area contributed by atoms with Crippen molar-refractivity contribution in [3.8, 4) is 0 Å². The largest absolute Gasteiger partial charge is 0.354 e. The minimum Gasteiger partial charge on any atom is -0.354 e. The van der Waals surface area contributed by atoms with E-state index < -0.39 is 0 Å². The van der Waals surface area contributed by atoms with Gasteiger partial charge in [-0.05, 0) is 12.8 Å². The number of nitrogens with one attached hydrogen (secondary N) is 1. The van der Waals surface area contributed by atoms with E-state index in [1.807, 2.05) is 0 Å². The number of carbonyl (C=O) groups is 1. The third-order valence-corrected chi connectivity index (χ3v) is 2.73. The number of carbonyl (C=O) groups excluding carboxylic acids is 1. The van der Waals surface area contributed by atoms with Gasteiger partial charge in [0.25, 0.3) is 0 Å². The Labute approximate surface area is 72.1 Å². The molecule has 0 atom stereocenters. The highest BCUT2D eigenvalue weighted by Gasteiger charge is 2.33. The molecule has 1 heterocycles. The van der Waals surface area contributed by atoms with Crippen LogP contribution in [0.4, 0.5) is 0 Å². The van der Waals surface area contributed by atoms with Crippen molar-refractivity contribution in [2.24, 2.45) is 5.73 Å². The summed E-state index contributed by atoms with van der Waals surface area (Å²) >= 11 is 0. The molecular formula is C8H15N3O. The number of piperazine rings is 1. The SMILES string of the molecule is NC1CC(N2CCNC(=O)C2)C1. The predicted molar refractivity (Wildman–Crippen MR) is 45.6 cm³/mol. The van der Waals surface area contributed by atoms with Crippen LogP contribution in [0.2, 0.25) is 0 Å². The summed E-state index contributed by atoms with van der Waals surface area (Å²) in [5.41, 5.74) is 5.68. The standard InChI is InChI=1S/C8H15N3O/c9-6-3-7(4-6)11-2-1-10-8(12)5-11/h6-7H,1-5,9H2,(H,10,12). The van der Waals surface area contributed by atoms with Crippen molar-refractivity contribution >= 4 is 5.91 Å². The maximum absolute atomic E-state index is 11.0. The molecule has 3 N–H and O–H groups in total. The Morgan fingerprint density at radius 1 is 1.50 bits per heavy atom. The maximum Gasteiger partial charge on any atom is 0.234 e. The monoisotopic (exact) mass is 169 g/mol. The van der Waals surface area contributed by atoms with E-state index in [4.69, 9.17) is 5.73 Å². The molecular weight excluding hydrogens is 154 g/mol. The van der Waals surface area contributed by atoms with Crippen molar-refractivity contribution in [2.75, 3.05) is 19.6 Å². The lowest BCUT2D eigenvalue weighted by molar-refractivity contribution is -0.125. The van der Waals surface area contributed by atoms with Gasteiger partial charge in [-0.1, -0.05) is 0 Å². The van der Waals surface area contributed by atoms with Crippen LogP contribution < -0.4 is 11.1 Å². The Morgan fingerprint density at radius 3 is 2.83 bits per heavy atom. The van der Waals surface area contributed by atoms with Crippen LogP contribution in [-0.4, -0.2) is 42.5 Å². The number of hydrogen-bond acceptors (Lipinski definition) is 3. The summed E-state index contributed by atoms with van der Waals surface area (Å²) in [5.74, 6) is 0.154. The van der Waals surface area contributed by atoms with Crippen LogP contribution in [0.1, 0.15) is 12.8 Å². The van der Waals surface area contributed by atoms with Gasteiger partial charge in [0.05, 0.1) is 6.54 Å². The summed E-state index contributed by atoms with van der Waals surface area (Å²) < 4.78 is 0. The van der Waals surface area contributed by atoms with Crippen LogP contribution >= 0.6 is 0 Å². The van der Waals surface area contributed by atoms with E-state index in [1.165, 1.54) is 0 Å². The van der Waals surface area contributed by atoms with Crippen molar-refractivity contribution in [2.45, 2.75) is 24.9 Å². The maximum atomic E-state index is 11.0. The van der Waals surface area contributed by atoms with Gasteiger partial charge in [-0.2, -0.15) is 0 Å². The highest BCUT2D eigenvalue weighted by molar-refractivity contribution is 5.78. The molecule has 0 bridgehead atoms. The second-order valence-electron chi connectivity index (χ2n) is 3.71. The average Bonchev–Trinajstić information content (AvgIpc) is 1.99. The zero-order valence-corrected chi connectivity index (χ0v) is 7.12. The summed E-state index contributed by atoms with van der Waals surface area (Å²) in [6, 6.07) is 0.950. The van der Waals surface area contributed by atoms with Crippen LogP contribution in [0, 0.1) is 0 Å². The second-order valence-corrected chi connectivity index (χ2v) is 3.71. The number of nitrogens with two attached hydrogens (primary N) is 1. The Bertz CT molecular complexity index is 189. The highest BCUT2D eigenvalue weighted by Crippen LogP contribution is 2.23. The zero-order valence-electron chi connectivity index (χ0n) is 7.12. The van der Waals surface area contributed by atoms with E-state index in [1.54, 1.807) is 0 Å². The van der Waals surface area contributed by atoms with Crippen molar-refractivity contribution in [3.05, 3.63) is 0 Å². The van der Waals surface area contributed by atoms with E-state index in [0.717, 1.165) is 25.9 Å². The summed E-state index contributed by atoms with van der Waals surface area (Å²) in [6.07, 6.45) is 2.13. The zero-order chi connectivity index (χ0) is 8.55. The summed E-state index contributed by atoms with van der Waals surface area (Å²) in [4.78, 5) is 13.3. The molecule has 0 aromatic heterocycles. The minimum absolute atomic E-state index is 0.154. The van der Waals surface area contributed by atoms with Gasteiger partial charge in [-0.3, -0.25) is 9.69 Å². The molecule has 1 aliphatic carbocycles. The van der Waals surface area contributed by atoms with Crippen molar-refractivity contribution < 1.29 is 4.79 Å². The van der Waals surface area contributed by atoms with Gasteiger partial charge in [-0.25, -0.2) is 0 Å². The van der Waals surface area contributed by atoms with E-state index in [9.17, 15) is 4.79 Å². The van der Waals surface area contributed by atoms with Crippen LogP contribution in [-0.2, 0) is 4.79 Å². The Morgan fingerprint density at radius 2 is 2.25 bits per heavy atom. The molecule has 0 radical (unpaired) electrons. The molecule has 2 rings (SSSR count). The number of nitrogens with zero attached hydrogens (tertiary/aromatic N) is 1. The molecule has 1 amide bonds. The first-order valence-electron chi connectivity index (χ1n) is 4.52. The first-order chi connectivity index (χ1) is 5.75. The fourth-order valence-electron chi connectivity index (χ4n) is 1.90. The number of amides is 1. The van der Waals surface area contributed by atoms with Crippen LogP contribution in [0.25, 0.3) is 0 Å². The molecule has 4 nitrogen and oxygen atoms in total. The lowest BCUT2D eigenvalue weighted by Gasteiger charge is -2.42. The van der Waals surface area contributed by atoms with Crippen molar-refractivity contribution in [3.63, 3.8) is 0 Å². The molecule has 1 saturated carbocycles. The van der Waals surface area contributed by atoms with Crippen molar-refractivity contribution in [1.82, 2.24) is 10.2 Å². The van der Waals surface area contributed by atoms with E-state index >= 15 is 0 Å². The van der Waals surface area contributed by atoms with Crippen molar-refractivity contribution in [1.29, 1.82) is 0 Å². The summed E-state index contributed by atoms with van der Waals surface area (Å²) in [7, 11) is 0. The smallest absolute Gasteiger partial charge is 0.234 e. The Kier molecular flexibility index (Phi) is 2.02. The number of hydrogen-bond donors (Lipinski definition) is 2. The minimum atomic E-state index is 0.154. The molecule has 0 aromatic rings. The molecule has 4 heteroatoms. The molecule has 0 unspecified atom stereocenters. The van der Waals surface area contributed by atoms with Gasteiger partial charge >= 0.3 is 0 Å². The molecule has 0 spiro atoms. The molecule has 68 valence electrons. The summed E-state index contributed by atoms with van der Waals surface area (Å²) in [5, 5.41) is 2.81. The summed E-state index contributed by atoms with van der Waals surface area (Å²) in [6.45, 7) is 2.35. The Hall–Kier alpha value is -0.610.